The first-order valence-corrected chi connectivity index (χ1v) is 6.55. The van der Waals surface area contributed by atoms with Crippen molar-refractivity contribution >= 4 is 5.71 Å². The molecule has 1 aromatic heterocycles. The summed E-state index contributed by atoms with van der Waals surface area (Å²) >= 11 is 0. The number of aryl methyl sites for hydroxylation is 1. The molecule has 0 aliphatic carbocycles. The van der Waals surface area contributed by atoms with E-state index in [0.29, 0.717) is 5.92 Å². The molecule has 0 aliphatic rings. The monoisotopic (exact) mass is 286 g/mol. The minimum Gasteiger partial charge on any atom is -0.321 e. The summed E-state index contributed by atoms with van der Waals surface area (Å²) in [5.74, 6) is 1.51. The van der Waals surface area contributed by atoms with Crippen molar-refractivity contribution in [3.8, 4) is 0 Å². The number of nitrogens with one attached hydrogen (secondary N) is 1. The van der Waals surface area contributed by atoms with E-state index in [2.05, 4.69) is 24.0 Å². The van der Waals surface area contributed by atoms with Gasteiger partial charge in [-0.1, -0.05) is 63.3 Å². The largest absolute Gasteiger partial charge is 0.321 e. The number of hydrogen-bond acceptors (Lipinski definition) is 3. The molecule has 1 heterocycles. The molecule has 0 atom stereocenters. The first-order valence-electron chi connectivity index (χ1n) is 6.55. The van der Waals surface area contributed by atoms with Crippen LogP contribution in [0.1, 0.15) is 82.0 Å². The summed E-state index contributed by atoms with van der Waals surface area (Å²) in [6, 6.07) is 0. The van der Waals surface area contributed by atoms with Crippen molar-refractivity contribution in [3.05, 3.63) is 12.2 Å². The normalized spacial score (nSPS) is 9.10. The molecule has 0 amide bonds. The Labute approximate surface area is 127 Å². The smallest absolute Gasteiger partial charge is 0.135 e. The van der Waals surface area contributed by atoms with Gasteiger partial charge in [-0.3, -0.25) is 0 Å². The van der Waals surface area contributed by atoms with E-state index in [9.17, 15) is 0 Å². The molecule has 0 aliphatic heterocycles. The Bertz CT molecular complexity index is 332. The quantitative estimate of drug-likeness (QED) is 0.711. The molecular formula is C16H38N4. The molecule has 1 N–H and O–H groups in total. The van der Waals surface area contributed by atoms with Crippen LogP contribution in [-0.4, -0.2) is 20.5 Å². The van der Waals surface area contributed by atoms with E-state index in [1.807, 2.05) is 53.2 Å². The van der Waals surface area contributed by atoms with E-state index in [-0.39, 0.29) is 20.3 Å². The average molecular weight is 287 g/mol. The van der Waals surface area contributed by atoms with Crippen LogP contribution in [0.5, 0.6) is 0 Å². The van der Waals surface area contributed by atoms with Crippen LogP contribution in [0, 0.1) is 10.8 Å². The lowest BCUT2D eigenvalue weighted by molar-refractivity contribution is 0.584. The van der Waals surface area contributed by atoms with Gasteiger partial charge in [0.15, 0.2) is 0 Å². The topological polar surface area (TPSA) is 54.6 Å². The maximum atomic E-state index is 7.15. The van der Waals surface area contributed by atoms with Gasteiger partial charge in [-0.05, 0) is 12.3 Å². The lowest BCUT2D eigenvalue weighted by Crippen LogP contribution is -2.14. The lowest BCUT2D eigenvalue weighted by atomic mass is 9.91. The Hall–Kier alpha value is -1.19. The molecule has 0 aromatic carbocycles. The standard InChI is InChI=1S/C6H11N3.C6H13N.C2H6.2CH4/c1-5(2)6-8-7-4-9(6)3;1-5(7)6(2,3)4;1-2;;/h4-5H,1-3H3;7H,1-4H3;1-2H3;2*1H4. The van der Waals surface area contributed by atoms with Gasteiger partial charge in [0.05, 0.1) is 0 Å². The van der Waals surface area contributed by atoms with Gasteiger partial charge < -0.3 is 9.98 Å². The van der Waals surface area contributed by atoms with Crippen LogP contribution in [0.15, 0.2) is 6.33 Å². The molecule has 0 fully saturated rings. The van der Waals surface area contributed by atoms with Crippen molar-refractivity contribution in [2.45, 2.75) is 76.2 Å². The Morgan fingerprint density at radius 3 is 1.65 bits per heavy atom. The second kappa shape index (κ2) is 12.8. The minimum atomic E-state index is 0. The first kappa shape index (κ1) is 27.2. The molecule has 0 spiro atoms. The van der Waals surface area contributed by atoms with Crippen molar-refractivity contribution in [3.63, 3.8) is 0 Å². The molecule has 4 nitrogen and oxygen atoms in total. The van der Waals surface area contributed by atoms with Crippen LogP contribution in [-0.2, 0) is 7.05 Å². The van der Waals surface area contributed by atoms with Crippen LogP contribution in [0.2, 0.25) is 0 Å². The van der Waals surface area contributed by atoms with Crippen LogP contribution >= 0.6 is 0 Å². The molecule has 122 valence electrons. The zero-order valence-electron chi connectivity index (χ0n) is 13.5. The minimum absolute atomic E-state index is 0. The highest BCUT2D eigenvalue weighted by molar-refractivity contribution is 5.83. The van der Waals surface area contributed by atoms with Crippen molar-refractivity contribution in [1.82, 2.24) is 14.8 Å². The van der Waals surface area contributed by atoms with Crippen LogP contribution < -0.4 is 0 Å². The highest BCUT2D eigenvalue weighted by Gasteiger charge is 2.10. The van der Waals surface area contributed by atoms with Crippen molar-refractivity contribution in [2.75, 3.05) is 0 Å². The summed E-state index contributed by atoms with van der Waals surface area (Å²) in [5, 5.41) is 14.8. The van der Waals surface area contributed by atoms with Gasteiger partial charge in [-0.2, -0.15) is 0 Å². The van der Waals surface area contributed by atoms with E-state index in [1.165, 1.54) is 0 Å². The third-order valence-corrected chi connectivity index (χ3v) is 2.39. The molecule has 0 saturated heterocycles. The third-order valence-electron chi connectivity index (χ3n) is 2.39. The Balaban J connectivity index is -0.000000107. The lowest BCUT2D eigenvalue weighted by Gasteiger charge is -2.14. The summed E-state index contributed by atoms with van der Waals surface area (Å²) in [7, 11) is 1.95. The second-order valence-electron chi connectivity index (χ2n) is 5.33. The van der Waals surface area contributed by atoms with Gasteiger partial charge in [0.25, 0.3) is 0 Å². The summed E-state index contributed by atoms with van der Waals surface area (Å²) in [5.41, 5.74) is 0.826. The van der Waals surface area contributed by atoms with Crippen molar-refractivity contribution in [1.29, 1.82) is 5.41 Å². The number of hydrogen-bond donors (Lipinski definition) is 1. The zero-order chi connectivity index (χ0) is 14.9. The summed E-state index contributed by atoms with van der Waals surface area (Å²) in [6.45, 7) is 16.1. The van der Waals surface area contributed by atoms with Crippen LogP contribution in [0.3, 0.4) is 0 Å². The van der Waals surface area contributed by atoms with Gasteiger partial charge in [0, 0.05) is 18.7 Å². The molecule has 1 rings (SSSR count). The predicted octanol–water partition coefficient (Wildman–Crippen LogP) is 5.31. The molecule has 0 saturated carbocycles. The highest BCUT2D eigenvalue weighted by atomic mass is 15.2. The van der Waals surface area contributed by atoms with E-state index >= 15 is 0 Å². The van der Waals surface area contributed by atoms with Crippen LogP contribution in [0.4, 0.5) is 0 Å². The van der Waals surface area contributed by atoms with Crippen LogP contribution in [0.25, 0.3) is 0 Å². The molecular weight excluding hydrogens is 248 g/mol. The molecule has 0 bridgehead atoms. The molecule has 20 heavy (non-hydrogen) atoms. The summed E-state index contributed by atoms with van der Waals surface area (Å²) < 4.78 is 1.94. The van der Waals surface area contributed by atoms with E-state index < -0.39 is 0 Å². The van der Waals surface area contributed by atoms with Crippen molar-refractivity contribution < 1.29 is 0 Å². The van der Waals surface area contributed by atoms with E-state index in [1.54, 1.807) is 6.33 Å². The predicted molar refractivity (Wildman–Crippen MR) is 92.8 cm³/mol. The van der Waals surface area contributed by atoms with Gasteiger partial charge >= 0.3 is 0 Å². The summed E-state index contributed by atoms with van der Waals surface area (Å²) in [4.78, 5) is 0. The molecule has 0 radical (unpaired) electrons. The van der Waals surface area contributed by atoms with Gasteiger partial charge in [-0.15, -0.1) is 10.2 Å². The average Bonchev–Trinajstić information content (AvgIpc) is 2.67. The SMILES string of the molecule is C.C.CC.CC(=N)C(C)(C)C.CC(C)c1nncn1C. The second-order valence-corrected chi connectivity index (χ2v) is 5.33. The molecule has 0 unspecified atom stereocenters. The van der Waals surface area contributed by atoms with Crippen molar-refractivity contribution in [2.24, 2.45) is 12.5 Å². The zero-order valence-corrected chi connectivity index (χ0v) is 13.5. The first-order chi connectivity index (χ1) is 8.16. The maximum Gasteiger partial charge on any atom is 0.135 e. The molecule has 4 heteroatoms. The number of aromatic nitrogens is 3. The van der Waals surface area contributed by atoms with E-state index in [0.717, 1.165) is 11.5 Å². The fourth-order valence-electron chi connectivity index (χ4n) is 0.815. The number of nitrogens with zero attached hydrogens (tertiary/aromatic N) is 3. The summed E-state index contributed by atoms with van der Waals surface area (Å²) in [6.07, 6.45) is 1.72. The highest BCUT2D eigenvalue weighted by Crippen LogP contribution is 2.13. The van der Waals surface area contributed by atoms with Gasteiger partial charge in [-0.25, -0.2) is 0 Å². The maximum absolute atomic E-state index is 7.15. The van der Waals surface area contributed by atoms with Gasteiger partial charge in [0.1, 0.15) is 12.2 Å². The Morgan fingerprint density at radius 1 is 1.20 bits per heavy atom. The molecule has 1 aromatic rings. The number of rotatable bonds is 1. The fourth-order valence-corrected chi connectivity index (χ4v) is 0.815. The van der Waals surface area contributed by atoms with Gasteiger partial charge in [0.2, 0.25) is 0 Å². The Kier molecular flexibility index (Phi) is 17.4. The third kappa shape index (κ3) is 11.9. The fraction of sp³-hybridized carbons (Fsp3) is 0.812. The Morgan fingerprint density at radius 2 is 1.55 bits per heavy atom. The van der Waals surface area contributed by atoms with E-state index in [4.69, 9.17) is 5.41 Å².